The summed E-state index contributed by atoms with van der Waals surface area (Å²) < 4.78 is 15.4. The molecule has 0 fully saturated rings. The first-order chi connectivity index (χ1) is 23.3. The van der Waals surface area contributed by atoms with Crippen molar-refractivity contribution in [3.05, 3.63) is 158 Å². The molecule has 3 heterocycles. The lowest BCUT2D eigenvalue weighted by molar-refractivity contribution is 0.668. The number of aromatic nitrogens is 2. The molecule has 0 amide bonds. The Balaban J connectivity index is 1.30. The lowest BCUT2D eigenvalue weighted by Gasteiger charge is -2.12. The quantitative estimate of drug-likeness (QED) is 0.201. The van der Waals surface area contributed by atoms with Crippen LogP contribution >= 0.6 is 0 Å². The van der Waals surface area contributed by atoms with Gasteiger partial charge in [0.25, 0.3) is 0 Å². The molecule has 10 aromatic rings. The van der Waals surface area contributed by atoms with E-state index in [1.807, 2.05) is 30.3 Å². The normalized spacial score (nSPS) is 11.8. The van der Waals surface area contributed by atoms with Gasteiger partial charge in [0.1, 0.15) is 28.2 Å². The van der Waals surface area contributed by atoms with Crippen molar-refractivity contribution >= 4 is 54.9 Å². The summed E-state index contributed by atoms with van der Waals surface area (Å²) in [4.78, 5) is 5.25. The first kappa shape index (κ1) is 25.9. The highest BCUT2D eigenvalue weighted by atomic mass is 16.3. The Morgan fingerprint density at radius 1 is 0.447 bits per heavy atom. The van der Waals surface area contributed by atoms with Crippen LogP contribution in [-0.4, -0.2) is 9.55 Å². The minimum absolute atomic E-state index is 0.845. The molecule has 0 spiro atoms. The summed E-state index contributed by atoms with van der Waals surface area (Å²) in [5, 5.41) is 4.29. The van der Waals surface area contributed by atoms with Gasteiger partial charge < -0.3 is 8.83 Å². The van der Waals surface area contributed by atoms with E-state index in [2.05, 4.69) is 132 Å². The van der Waals surface area contributed by atoms with E-state index in [0.29, 0.717) is 0 Å². The fraction of sp³-hybridized carbons (Fsp3) is 0. The summed E-state index contributed by atoms with van der Waals surface area (Å²) in [5.41, 5.74) is 11.8. The van der Waals surface area contributed by atoms with E-state index in [9.17, 15) is 0 Å². The molecule has 10 rings (SSSR count). The van der Waals surface area contributed by atoms with E-state index in [0.717, 1.165) is 94.2 Å². The second kappa shape index (κ2) is 10.1. The average molecular weight is 603 g/mol. The molecule has 3 aromatic heterocycles. The molecule has 0 N–H and O–H groups in total. The van der Waals surface area contributed by atoms with E-state index >= 15 is 0 Å². The standard InChI is InChI=1S/C43H26N2O2/c1-3-12-27(13-4-1)31-23-24-34(43-44-36-19-8-9-20-37(36)45(43)29-14-5-2-6-15-29)40-33-18-11-17-30(41(33)47-42(31)40)28-22-25-39-35(26-28)32-16-7-10-21-38(32)46-39/h1-26H. The van der Waals surface area contributed by atoms with Gasteiger partial charge in [0.2, 0.25) is 0 Å². The first-order valence-electron chi connectivity index (χ1n) is 15.8. The number of furan rings is 2. The fourth-order valence-corrected chi connectivity index (χ4v) is 7.10. The summed E-state index contributed by atoms with van der Waals surface area (Å²) in [6, 6.07) is 54.7. The molecule has 47 heavy (non-hydrogen) atoms. The number of rotatable bonds is 4. The van der Waals surface area contributed by atoms with Gasteiger partial charge in [0.15, 0.2) is 0 Å². The molecular weight excluding hydrogens is 576 g/mol. The summed E-state index contributed by atoms with van der Waals surface area (Å²) in [6.07, 6.45) is 0. The third-order valence-corrected chi connectivity index (χ3v) is 9.23. The van der Waals surface area contributed by atoms with Crippen LogP contribution in [0.1, 0.15) is 0 Å². The number of fused-ring (bicyclic) bond motifs is 7. The van der Waals surface area contributed by atoms with Crippen LogP contribution in [0.15, 0.2) is 167 Å². The van der Waals surface area contributed by atoms with Crippen molar-refractivity contribution in [3.8, 4) is 39.3 Å². The SMILES string of the molecule is c1ccc(-c2ccc(-c3nc4ccccc4n3-c3ccccc3)c3c2oc2c(-c4ccc5oc6ccccc6c5c4)cccc23)cc1. The van der Waals surface area contributed by atoms with Crippen molar-refractivity contribution in [2.45, 2.75) is 0 Å². The van der Waals surface area contributed by atoms with Crippen LogP contribution in [0.2, 0.25) is 0 Å². The van der Waals surface area contributed by atoms with Crippen molar-refractivity contribution in [2.75, 3.05) is 0 Å². The van der Waals surface area contributed by atoms with Crippen molar-refractivity contribution in [1.82, 2.24) is 9.55 Å². The summed E-state index contributed by atoms with van der Waals surface area (Å²) >= 11 is 0. The zero-order valence-electron chi connectivity index (χ0n) is 25.2. The largest absolute Gasteiger partial charge is 0.456 e. The summed E-state index contributed by atoms with van der Waals surface area (Å²) in [6.45, 7) is 0. The Labute approximate surface area is 269 Å². The highest BCUT2D eigenvalue weighted by molar-refractivity contribution is 6.19. The molecule has 4 heteroatoms. The number of imidazole rings is 1. The van der Waals surface area contributed by atoms with Crippen molar-refractivity contribution in [2.24, 2.45) is 0 Å². The number of para-hydroxylation sites is 5. The lowest BCUT2D eigenvalue weighted by atomic mass is 9.96. The average Bonchev–Trinajstić information content (AvgIpc) is 3.83. The summed E-state index contributed by atoms with van der Waals surface area (Å²) in [7, 11) is 0. The van der Waals surface area contributed by atoms with E-state index < -0.39 is 0 Å². The Kier molecular flexibility index (Phi) is 5.54. The van der Waals surface area contributed by atoms with Crippen LogP contribution < -0.4 is 0 Å². The zero-order chi connectivity index (χ0) is 30.9. The number of hydrogen-bond acceptors (Lipinski definition) is 3. The lowest BCUT2D eigenvalue weighted by Crippen LogP contribution is -1.98. The number of hydrogen-bond donors (Lipinski definition) is 0. The van der Waals surface area contributed by atoms with Gasteiger partial charge in [-0.1, -0.05) is 103 Å². The molecule has 0 bridgehead atoms. The Bertz CT molecular complexity index is 2790. The van der Waals surface area contributed by atoms with Crippen LogP contribution in [-0.2, 0) is 0 Å². The topological polar surface area (TPSA) is 44.1 Å². The van der Waals surface area contributed by atoms with Crippen LogP contribution in [0.5, 0.6) is 0 Å². The maximum absolute atomic E-state index is 7.03. The van der Waals surface area contributed by atoms with E-state index in [1.54, 1.807) is 0 Å². The minimum atomic E-state index is 0.845. The summed E-state index contributed by atoms with van der Waals surface area (Å²) in [5.74, 6) is 0.876. The van der Waals surface area contributed by atoms with E-state index in [1.165, 1.54) is 0 Å². The molecule has 0 aliphatic rings. The molecule has 0 atom stereocenters. The van der Waals surface area contributed by atoms with Gasteiger partial charge in [-0.05, 0) is 65.7 Å². The van der Waals surface area contributed by atoms with E-state index in [-0.39, 0.29) is 0 Å². The molecule has 0 radical (unpaired) electrons. The van der Waals surface area contributed by atoms with Crippen molar-refractivity contribution in [1.29, 1.82) is 0 Å². The third kappa shape index (κ3) is 3.92. The maximum Gasteiger partial charge on any atom is 0.146 e. The predicted octanol–water partition coefficient (Wildman–Crippen LogP) is 11.8. The Morgan fingerprint density at radius 3 is 2.04 bits per heavy atom. The fourth-order valence-electron chi connectivity index (χ4n) is 7.10. The smallest absolute Gasteiger partial charge is 0.146 e. The predicted molar refractivity (Wildman–Crippen MR) is 192 cm³/mol. The first-order valence-corrected chi connectivity index (χ1v) is 15.8. The van der Waals surface area contributed by atoms with E-state index in [4.69, 9.17) is 13.8 Å². The third-order valence-electron chi connectivity index (χ3n) is 9.23. The molecule has 0 saturated carbocycles. The van der Waals surface area contributed by atoms with Crippen molar-refractivity contribution < 1.29 is 8.83 Å². The van der Waals surface area contributed by atoms with Crippen LogP contribution in [0.3, 0.4) is 0 Å². The van der Waals surface area contributed by atoms with Crippen LogP contribution in [0, 0.1) is 0 Å². The zero-order valence-corrected chi connectivity index (χ0v) is 25.2. The number of benzene rings is 7. The highest BCUT2D eigenvalue weighted by Crippen LogP contribution is 2.45. The molecule has 0 saturated heterocycles. The van der Waals surface area contributed by atoms with Crippen molar-refractivity contribution in [3.63, 3.8) is 0 Å². The molecule has 7 aromatic carbocycles. The molecule has 220 valence electrons. The van der Waals surface area contributed by atoms with Gasteiger partial charge in [0, 0.05) is 43.9 Å². The Hall–Kier alpha value is -6.39. The monoisotopic (exact) mass is 602 g/mol. The highest BCUT2D eigenvalue weighted by Gasteiger charge is 2.23. The second-order valence-electron chi connectivity index (χ2n) is 11.9. The van der Waals surface area contributed by atoms with Crippen LogP contribution in [0.4, 0.5) is 0 Å². The Morgan fingerprint density at radius 2 is 1.15 bits per heavy atom. The molecule has 0 unspecified atom stereocenters. The maximum atomic E-state index is 7.03. The minimum Gasteiger partial charge on any atom is -0.456 e. The van der Waals surface area contributed by atoms with Gasteiger partial charge in [-0.3, -0.25) is 4.57 Å². The van der Waals surface area contributed by atoms with Gasteiger partial charge >= 0.3 is 0 Å². The molecular formula is C43H26N2O2. The number of nitrogens with zero attached hydrogens (tertiary/aromatic N) is 2. The van der Waals surface area contributed by atoms with Crippen LogP contribution in [0.25, 0.3) is 94.2 Å². The van der Waals surface area contributed by atoms with Gasteiger partial charge in [0.05, 0.1) is 11.0 Å². The second-order valence-corrected chi connectivity index (χ2v) is 11.9. The molecule has 0 aliphatic carbocycles. The van der Waals surface area contributed by atoms with Gasteiger partial charge in [-0.2, -0.15) is 0 Å². The van der Waals surface area contributed by atoms with Gasteiger partial charge in [-0.15, -0.1) is 0 Å². The molecule has 0 aliphatic heterocycles. The van der Waals surface area contributed by atoms with Gasteiger partial charge in [-0.25, -0.2) is 4.98 Å². The molecule has 4 nitrogen and oxygen atoms in total.